The van der Waals surface area contributed by atoms with Crippen molar-refractivity contribution in [2.45, 2.75) is 32.9 Å². The lowest BCUT2D eigenvalue weighted by atomic mass is 9.99. The average molecular weight is 399 g/mol. The van der Waals surface area contributed by atoms with Crippen LogP contribution in [0, 0.1) is 5.92 Å². The van der Waals surface area contributed by atoms with Gasteiger partial charge >= 0.3 is 0 Å². The number of carbonyl (C=O) groups excluding carboxylic acids is 1. The number of nitrogens with zero attached hydrogens (tertiary/aromatic N) is 5. The maximum Gasteiger partial charge on any atom is 0.242 e. The third-order valence-electron chi connectivity index (χ3n) is 5.22. The average Bonchev–Trinajstić information content (AvgIpc) is 3.11. The fourth-order valence-electron chi connectivity index (χ4n) is 3.50. The Morgan fingerprint density at radius 1 is 1.25 bits per heavy atom. The first-order valence-corrected chi connectivity index (χ1v) is 9.91. The number of carbonyl (C=O) groups is 1. The maximum absolute atomic E-state index is 12.4. The molecule has 3 aromatic rings. The number of hydrogen-bond donors (Lipinski definition) is 1. The van der Waals surface area contributed by atoms with Crippen molar-refractivity contribution in [1.29, 1.82) is 0 Å². The molecule has 28 heavy (non-hydrogen) atoms. The van der Waals surface area contributed by atoms with E-state index in [-0.39, 0.29) is 12.5 Å². The lowest BCUT2D eigenvalue weighted by molar-refractivity contribution is -0.121. The van der Waals surface area contributed by atoms with Crippen LogP contribution in [0.2, 0.25) is 5.02 Å². The van der Waals surface area contributed by atoms with Gasteiger partial charge < -0.3 is 10.2 Å². The van der Waals surface area contributed by atoms with E-state index in [1.54, 1.807) is 17.2 Å². The maximum atomic E-state index is 12.4. The Balaban J connectivity index is 1.46. The largest absolute Gasteiger partial charge is 0.356 e. The van der Waals surface area contributed by atoms with Gasteiger partial charge in [-0.15, -0.1) is 0 Å². The summed E-state index contributed by atoms with van der Waals surface area (Å²) in [6.07, 6.45) is 5.62. The molecule has 3 heterocycles. The van der Waals surface area contributed by atoms with Crippen LogP contribution in [0.4, 0.5) is 5.82 Å². The van der Waals surface area contributed by atoms with E-state index < -0.39 is 0 Å². The molecule has 0 unspecified atom stereocenters. The molecule has 1 N–H and O–H groups in total. The topological polar surface area (TPSA) is 75.9 Å². The number of aromatic nitrogens is 4. The van der Waals surface area contributed by atoms with E-state index in [0.717, 1.165) is 48.6 Å². The summed E-state index contributed by atoms with van der Waals surface area (Å²) in [5.74, 6) is 1.51. The first-order chi connectivity index (χ1) is 13.6. The van der Waals surface area contributed by atoms with Crippen molar-refractivity contribution < 1.29 is 4.79 Å². The normalized spacial score (nSPS) is 15.1. The molecule has 4 rings (SSSR count). The zero-order chi connectivity index (χ0) is 19.5. The second-order valence-corrected chi connectivity index (χ2v) is 7.68. The van der Waals surface area contributed by atoms with Crippen LogP contribution in [0.1, 0.15) is 25.3 Å². The highest BCUT2D eigenvalue weighted by Crippen LogP contribution is 2.27. The fraction of sp³-hybridized carbons (Fsp3) is 0.400. The van der Waals surface area contributed by atoms with E-state index >= 15 is 0 Å². The molecule has 0 saturated carbocycles. The van der Waals surface area contributed by atoms with Gasteiger partial charge in [-0.25, -0.2) is 14.6 Å². The summed E-state index contributed by atoms with van der Waals surface area (Å²) in [5, 5.41) is 8.79. The summed E-state index contributed by atoms with van der Waals surface area (Å²) >= 11 is 6.14. The highest BCUT2D eigenvalue weighted by Gasteiger charge is 2.21. The molecule has 2 aromatic heterocycles. The van der Waals surface area contributed by atoms with Crippen molar-refractivity contribution in [2.24, 2.45) is 5.92 Å². The van der Waals surface area contributed by atoms with Crippen molar-refractivity contribution >= 4 is 34.4 Å². The molecule has 1 aliphatic rings. The molecule has 0 aliphatic carbocycles. The van der Waals surface area contributed by atoms with Crippen LogP contribution in [0.25, 0.3) is 11.0 Å². The van der Waals surface area contributed by atoms with Crippen molar-refractivity contribution in [2.75, 3.05) is 18.0 Å². The number of halogens is 1. The molecule has 1 amide bonds. The Kier molecular flexibility index (Phi) is 5.43. The predicted octanol–water partition coefficient (Wildman–Crippen LogP) is 3.03. The van der Waals surface area contributed by atoms with Crippen LogP contribution in [0.15, 0.2) is 36.8 Å². The number of piperidine rings is 1. The van der Waals surface area contributed by atoms with Crippen LogP contribution in [0.3, 0.4) is 0 Å². The van der Waals surface area contributed by atoms with Crippen molar-refractivity contribution in [3.63, 3.8) is 0 Å². The molecule has 0 atom stereocenters. The van der Waals surface area contributed by atoms with E-state index in [4.69, 9.17) is 11.6 Å². The quantitative estimate of drug-likeness (QED) is 0.714. The molecule has 1 saturated heterocycles. The highest BCUT2D eigenvalue weighted by molar-refractivity contribution is 6.31. The zero-order valence-electron chi connectivity index (χ0n) is 15.8. The smallest absolute Gasteiger partial charge is 0.242 e. The summed E-state index contributed by atoms with van der Waals surface area (Å²) in [5.41, 5.74) is 1.56. The van der Waals surface area contributed by atoms with E-state index in [1.165, 1.54) is 0 Å². The highest BCUT2D eigenvalue weighted by atomic mass is 35.5. The van der Waals surface area contributed by atoms with Gasteiger partial charge in [0.25, 0.3) is 0 Å². The second kappa shape index (κ2) is 8.14. The van der Waals surface area contributed by atoms with Crippen molar-refractivity contribution in [3.05, 3.63) is 47.4 Å². The molecule has 1 aliphatic heterocycles. The molecule has 146 valence electrons. The Morgan fingerprint density at radius 2 is 2.04 bits per heavy atom. The summed E-state index contributed by atoms with van der Waals surface area (Å²) in [4.78, 5) is 23.5. The van der Waals surface area contributed by atoms with E-state index in [1.807, 2.05) is 24.3 Å². The van der Waals surface area contributed by atoms with Gasteiger partial charge in [0.15, 0.2) is 5.65 Å². The Morgan fingerprint density at radius 3 is 2.82 bits per heavy atom. The molecule has 0 bridgehead atoms. The number of hydrogen-bond acceptors (Lipinski definition) is 5. The monoisotopic (exact) mass is 398 g/mol. The molecular weight excluding hydrogens is 376 g/mol. The Labute approximate surface area is 168 Å². The SMILES string of the molecule is CC1CCN(c2ncnc3c2cnn3CC(=O)NCc2ccccc2Cl)CC1. The van der Waals surface area contributed by atoms with Crippen LogP contribution in [0.5, 0.6) is 0 Å². The lowest BCUT2D eigenvalue weighted by Crippen LogP contribution is -2.33. The van der Waals surface area contributed by atoms with Gasteiger partial charge in [0.1, 0.15) is 18.7 Å². The van der Waals surface area contributed by atoms with E-state index in [0.29, 0.717) is 17.2 Å². The third-order valence-corrected chi connectivity index (χ3v) is 5.59. The summed E-state index contributed by atoms with van der Waals surface area (Å²) < 4.78 is 1.62. The third kappa shape index (κ3) is 3.94. The van der Waals surface area contributed by atoms with Gasteiger partial charge in [-0.3, -0.25) is 4.79 Å². The Bertz CT molecular complexity index is 980. The molecule has 7 nitrogen and oxygen atoms in total. The number of amides is 1. The van der Waals surface area contributed by atoms with Gasteiger partial charge in [0, 0.05) is 24.7 Å². The van der Waals surface area contributed by atoms with E-state index in [2.05, 4.69) is 32.2 Å². The van der Waals surface area contributed by atoms with Crippen LogP contribution >= 0.6 is 11.6 Å². The van der Waals surface area contributed by atoms with Crippen LogP contribution < -0.4 is 10.2 Å². The minimum absolute atomic E-state index is 0.0987. The van der Waals surface area contributed by atoms with Gasteiger partial charge in [-0.05, 0) is 30.4 Å². The lowest BCUT2D eigenvalue weighted by Gasteiger charge is -2.31. The second-order valence-electron chi connectivity index (χ2n) is 7.27. The number of anilines is 1. The van der Waals surface area contributed by atoms with Crippen LogP contribution in [-0.4, -0.2) is 38.7 Å². The van der Waals surface area contributed by atoms with Gasteiger partial charge in [-0.1, -0.05) is 36.7 Å². The van der Waals surface area contributed by atoms with Crippen molar-refractivity contribution in [1.82, 2.24) is 25.1 Å². The minimum atomic E-state index is -0.142. The molecule has 1 fully saturated rings. The number of fused-ring (bicyclic) bond motifs is 1. The molecule has 0 radical (unpaired) electrons. The Hall–Kier alpha value is -2.67. The van der Waals surface area contributed by atoms with Gasteiger partial charge in [-0.2, -0.15) is 5.10 Å². The molecule has 0 spiro atoms. The summed E-state index contributed by atoms with van der Waals surface area (Å²) in [6.45, 7) is 4.73. The number of rotatable bonds is 5. The first-order valence-electron chi connectivity index (χ1n) is 9.53. The zero-order valence-corrected chi connectivity index (χ0v) is 16.6. The summed E-state index contributed by atoms with van der Waals surface area (Å²) in [7, 11) is 0. The first kappa shape index (κ1) is 18.7. The molecular formula is C20H23ClN6O. The summed E-state index contributed by atoms with van der Waals surface area (Å²) in [6, 6.07) is 7.47. The fourth-order valence-corrected chi connectivity index (χ4v) is 3.70. The van der Waals surface area contributed by atoms with Crippen LogP contribution in [-0.2, 0) is 17.9 Å². The van der Waals surface area contributed by atoms with Crippen molar-refractivity contribution in [3.8, 4) is 0 Å². The molecule has 1 aromatic carbocycles. The van der Waals surface area contributed by atoms with Gasteiger partial charge in [0.05, 0.1) is 11.6 Å². The standard InChI is InChI=1S/C20H23ClN6O/c1-14-6-8-26(9-7-14)19-16-11-25-27(20(16)24-13-23-19)12-18(28)22-10-15-4-2-3-5-17(15)21/h2-5,11,13-14H,6-10,12H2,1H3,(H,22,28). The van der Waals surface area contributed by atoms with Gasteiger partial charge in [0.2, 0.25) is 5.91 Å². The molecule has 8 heteroatoms. The minimum Gasteiger partial charge on any atom is -0.356 e. The number of nitrogens with one attached hydrogen (secondary N) is 1. The number of benzene rings is 1. The predicted molar refractivity (Wildman–Crippen MR) is 109 cm³/mol. The van der Waals surface area contributed by atoms with E-state index in [9.17, 15) is 4.79 Å².